The zero-order valence-electron chi connectivity index (χ0n) is 11.3. The Kier molecular flexibility index (Phi) is 5.47. The van der Waals surface area contributed by atoms with Crippen LogP contribution in [0.25, 0.3) is 10.9 Å². The smallest absolute Gasteiger partial charge is 0.243 e. The molecule has 0 saturated carbocycles. The Balaban J connectivity index is 0.00000200. The van der Waals surface area contributed by atoms with Gasteiger partial charge in [-0.1, -0.05) is 12.1 Å². The highest BCUT2D eigenvalue weighted by atomic mass is 35.5. The molecule has 1 atom stereocenters. The number of aromatic nitrogens is 1. The van der Waals surface area contributed by atoms with Crippen molar-refractivity contribution in [1.29, 1.82) is 0 Å². The summed E-state index contributed by atoms with van der Waals surface area (Å²) in [6, 6.07) is 6.71. The molecule has 1 heterocycles. The maximum atomic E-state index is 12.3. The van der Waals surface area contributed by atoms with Crippen molar-refractivity contribution in [3.8, 4) is 0 Å². The van der Waals surface area contributed by atoms with Crippen molar-refractivity contribution < 1.29 is 8.42 Å². The molecule has 5 nitrogen and oxygen atoms in total. The fourth-order valence-corrected chi connectivity index (χ4v) is 3.27. The van der Waals surface area contributed by atoms with Crippen molar-refractivity contribution in [1.82, 2.24) is 9.71 Å². The van der Waals surface area contributed by atoms with Crippen LogP contribution in [0.3, 0.4) is 0 Å². The number of benzene rings is 1. The third-order valence-corrected chi connectivity index (χ3v) is 4.43. The Bertz CT molecular complexity index is 704. The van der Waals surface area contributed by atoms with Crippen LogP contribution < -0.4 is 10.5 Å². The number of sulfonamides is 1. The maximum Gasteiger partial charge on any atom is 0.243 e. The van der Waals surface area contributed by atoms with Crippen molar-refractivity contribution >= 4 is 33.3 Å². The van der Waals surface area contributed by atoms with E-state index in [0.29, 0.717) is 5.52 Å². The van der Waals surface area contributed by atoms with Crippen LogP contribution in [0.1, 0.15) is 12.5 Å². The average Bonchev–Trinajstić information content (AvgIpc) is 2.37. The minimum absolute atomic E-state index is 0. The number of nitrogens with zero attached hydrogens (tertiary/aromatic N) is 1. The van der Waals surface area contributed by atoms with Gasteiger partial charge in [0.1, 0.15) is 4.90 Å². The van der Waals surface area contributed by atoms with Gasteiger partial charge in [-0.25, -0.2) is 13.1 Å². The first-order valence-electron chi connectivity index (χ1n) is 6.02. The van der Waals surface area contributed by atoms with Gasteiger partial charge in [-0.15, -0.1) is 12.4 Å². The highest BCUT2D eigenvalue weighted by Gasteiger charge is 2.19. The van der Waals surface area contributed by atoms with E-state index in [1.54, 1.807) is 25.3 Å². The molecular formula is C13H18ClN3O2S. The van der Waals surface area contributed by atoms with Gasteiger partial charge in [0.25, 0.3) is 0 Å². The molecule has 2 aromatic rings. The maximum absolute atomic E-state index is 12.3. The molecule has 0 aliphatic rings. The fourth-order valence-electron chi connectivity index (χ4n) is 1.84. The van der Waals surface area contributed by atoms with E-state index in [1.165, 1.54) is 0 Å². The Morgan fingerprint density at radius 2 is 2.10 bits per heavy atom. The summed E-state index contributed by atoms with van der Waals surface area (Å²) in [6.07, 6.45) is 1.66. The molecule has 3 N–H and O–H groups in total. The summed E-state index contributed by atoms with van der Waals surface area (Å²) in [7, 11) is -3.60. The predicted octanol–water partition coefficient (Wildman–Crippen LogP) is 1.59. The molecule has 0 aliphatic heterocycles. The van der Waals surface area contributed by atoms with E-state index in [4.69, 9.17) is 5.73 Å². The van der Waals surface area contributed by atoms with Crippen LogP contribution in [0.5, 0.6) is 0 Å². The first kappa shape index (κ1) is 16.8. The molecule has 0 unspecified atom stereocenters. The van der Waals surface area contributed by atoms with Gasteiger partial charge in [-0.3, -0.25) is 4.98 Å². The monoisotopic (exact) mass is 315 g/mol. The highest BCUT2D eigenvalue weighted by Crippen LogP contribution is 2.21. The van der Waals surface area contributed by atoms with Crippen LogP contribution in [0.15, 0.2) is 35.4 Å². The van der Waals surface area contributed by atoms with E-state index < -0.39 is 10.0 Å². The molecule has 7 heteroatoms. The van der Waals surface area contributed by atoms with Crippen molar-refractivity contribution in [2.24, 2.45) is 5.73 Å². The Morgan fingerprint density at radius 3 is 2.75 bits per heavy atom. The summed E-state index contributed by atoms with van der Waals surface area (Å²) in [6.45, 7) is 3.89. The highest BCUT2D eigenvalue weighted by molar-refractivity contribution is 7.89. The van der Waals surface area contributed by atoms with Crippen LogP contribution in [-0.2, 0) is 10.0 Å². The van der Waals surface area contributed by atoms with E-state index in [1.807, 2.05) is 19.1 Å². The number of hydrogen-bond acceptors (Lipinski definition) is 4. The summed E-state index contributed by atoms with van der Waals surface area (Å²) in [5.41, 5.74) is 6.91. The number of para-hydroxylation sites is 1. The van der Waals surface area contributed by atoms with Crippen LogP contribution in [-0.4, -0.2) is 26.0 Å². The second-order valence-corrected chi connectivity index (χ2v) is 6.28. The zero-order valence-corrected chi connectivity index (χ0v) is 13.0. The van der Waals surface area contributed by atoms with E-state index in [9.17, 15) is 8.42 Å². The van der Waals surface area contributed by atoms with Crippen LogP contribution in [0, 0.1) is 6.92 Å². The summed E-state index contributed by atoms with van der Waals surface area (Å²) in [5, 5.41) is 0.809. The van der Waals surface area contributed by atoms with E-state index in [0.717, 1.165) is 10.9 Å². The van der Waals surface area contributed by atoms with Crippen molar-refractivity contribution in [2.45, 2.75) is 24.8 Å². The van der Waals surface area contributed by atoms with Gasteiger partial charge >= 0.3 is 0 Å². The molecule has 0 spiro atoms. The Labute approximate surface area is 125 Å². The molecule has 1 aromatic heterocycles. The van der Waals surface area contributed by atoms with Gasteiger partial charge in [-0.05, 0) is 31.5 Å². The molecule has 0 radical (unpaired) electrons. The molecule has 1 aromatic carbocycles. The predicted molar refractivity (Wildman–Crippen MR) is 82.6 cm³/mol. The topological polar surface area (TPSA) is 85.1 Å². The minimum atomic E-state index is -3.60. The van der Waals surface area contributed by atoms with Crippen LogP contribution >= 0.6 is 12.4 Å². The van der Waals surface area contributed by atoms with Gasteiger partial charge in [0.2, 0.25) is 10.0 Å². The van der Waals surface area contributed by atoms with Gasteiger partial charge in [-0.2, -0.15) is 0 Å². The number of halogens is 1. The van der Waals surface area contributed by atoms with E-state index >= 15 is 0 Å². The fraction of sp³-hybridized carbons (Fsp3) is 0.308. The molecular weight excluding hydrogens is 298 g/mol. The summed E-state index contributed by atoms with van der Waals surface area (Å²) < 4.78 is 27.1. The quantitative estimate of drug-likeness (QED) is 0.897. The molecule has 20 heavy (non-hydrogen) atoms. The van der Waals surface area contributed by atoms with E-state index in [2.05, 4.69) is 9.71 Å². The second-order valence-electron chi connectivity index (χ2n) is 4.60. The third-order valence-electron chi connectivity index (χ3n) is 2.81. The normalized spacial score (nSPS) is 12.9. The Morgan fingerprint density at radius 1 is 1.40 bits per heavy atom. The molecule has 0 aliphatic carbocycles. The number of rotatable bonds is 4. The number of aryl methyl sites for hydroxylation is 1. The Hall–Kier alpha value is -1.21. The molecule has 2 rings (SSSR count). The minimum Gasteiger partial charge on any atom is -0.329 e. The zero-order chi connectivity index (χ0) is 14.0. The lowest BCUT2D eigenvalue weighted by atomic mass is 10.2. The van der Waals surface area contributed by atoms with Crippen molar-refractivity contribution in [3.63, 3.8) is 0 Å². The molecule has 0 fully saturated rings. The second kappa shape index (κ2) is 6.49. The number of fused-ring (bicyclic) bond motifs is 1. The molecule has 0 amide bonds. The van der Waals surface area contributed by atoms with Gasteiger partial charge in [0, 0.05) is 24.2 Å². The summed E-state index contributed by atoms with van der Waals surface area (Å²) in [5.74, 6) is 0. The first-order valence-corrected chi connectivity index (χ1v) is 7.50. The number of nitrogens with two attached hydrogens (primary N) is 1. The SMILES string of the molecule is Cc1cnc2c(S(=O)(=O)N[C@@H](C)CN)cccc2c1.Cl. The van der Waals surface area contributed by atoms with Gasteiger partial charge in [0.05, 0.1) is 5.52 Å². The van der Waals surface area contributed by atoms with Gasteiger partial charge in [0.15, 0.2) is 0 Å². The van der Waals surface area contributed by atoms with Crippen LogP contribution in [0.4, 0.5) is 0 Å². The first-order chi connectivity index (χ1) is 8.94. The third kappa shape index (κ3) is 3.46. The standard InChI is InChI=1S/C13H17N3O2S.ClH/c1-9-6-11-4-3-5-12(13(11)15-8-9)19(17,18)16-10(2)7-14;/h3-6,8,10,16H,7,14H2,1-2H3;1H/t10-;/m0./s1. The average molecular weight is 316 g/mol. The number of nitrogens with one attached hydrogen (secondary N) is 1. The lowest BCUT2D eigenvalue weighted by Gasteiger charge is -2.13. The molecule has 110 valence electrons. The van der Waals surface area contributed by atoms with Crippen molar-refractivity contribution in [2.75, 3.05) is 6.54 Å². The lowest BCUT2D eigenvalue weighted by Crippen LogP contribution is -2.37. The number of hydrogen-bond donors (Lipinski definition) is 2. The molecule has 0 saturated heterocycles. The largest absolute Gasteiger partial charge is 0.329 e. The van der Waals surface area contributed by atoms with Crippen molar-refractivity contribution in [3.05, 3.63) is 36.0 Å². The number of pyridine rings is 1. The molecule has 0 bridgehead atoms. The van der Waals surface area contributed by atoms with Crippen LogP contribution in [0.2, 0.25) is 0 Å². The van der Waals surface area contributed by atoms with Gasteiger partial charge < -0.3 is 5.73 Å². The summed E-state index contributed by atoms with van der Waals surface area (Å²) >= 11 is 0. The van der Waals surface area contributed by atoms with E-state index in [-0.39, 0.29) is 29.9 Å². The lowest BCUT2D eigenvalue weighted by molar-refractivity contribution is 0.563. The summed E-state index contributed by atoms with van der Waals surface area (Å²) in [4.78, 5) is 4.42.